The summed E-state index contributed by atoms with van der Waals surface area (Å²) in [7, 11) is 0. The zero-order valence-corrected chi connectivity index (χ0v) is 11.7. The van der Waals surface area contributed by atoms with E-state index in [4.69, 9.17) is 5.11 Å². The van der Waals surface area contributed by atoms with Crippen LogP contribution in [-0.4, -0.2) is 42.0 Å². The molecule has 0 radical (unpaired) electrons. The van der Waals surface area contributed by atoms with Crippen molar-refractivity contribution in [3.8, 4) is 0 Å². The summed E-state index contributed by atoms with van der Waals surface area (Å²) in [6.45, 7) is 0.335. The van der Waals surface area contributed by atoms with Gasteiger partial charge < -0.3 is 10.4 Å². The summed E-state index contributed by atoms with van der Waals surface area (Å²) >= 11 is 0. The van der Waals surface area contributed by atoms with Crippen LogP contribution in [0.15, 0.2) is 24.3 Å². The number of amides is 4. The Balaban J connectivity index is 1.98. The van der Waals surface area contributed by atoms with Gasteiger partial charge in [0.25, 0.3) is 5.91 Å². The molecule has 0 aromatic heterocycles. The van der Waals surface area contributed by atoms with Gasteiger partial charge in [0, 0.05) is 30.8 Å². The molecule has 0 spiro atoms. The second-order valence-electron chi connectivity index (χ2n) is 4.70. The number of carbonyl (C=O) groups excluding carboxylic acids is 3. The van der Waals surface area contributed by atoms with E-state index in [-0.39, 0.29) is 37.7 Å². The van der Waals surface area contributed by atoms with Crippen molar-refractivity contribution in [2.24, 2.45) is 0 Å². The van der Waals surface area contributed by atoms with Crippen LogP contribution in [0.25, 0.3) is 0 Å². The summed E-state index contributed by atoms with van der Waals surface area (Å²) in [5.41, 5.74) is 0.940. The molecule has 8 nitrogen and oxygen atoms in total. The van der Waals surface area contributed by atoms with Gasteiger partial charge in [0.2, 0.25) is 5.91 Å². The fourth-order valence-corrected chi connectivity index (χ4v) is 1.99. The van der Waals surface area contributed by atoms with Crippen LogP contribution in [0.3, 0.4) is 0 Å². The molecule has 1 aromatic carbocycles. The standard InChI is InChI=1S/C14H15N3O5/c18-11-6-8-17(14(22)16-11)10-3-1-9(2-4-10)13(21)15-7-5-12(19)20/h1-4H,5-8H2,(H,15,21)(H,19,20)(H,16,18,22). The van der Waals surface area contributed by atoms with Gasteiger partial charge in [-0.25, -0.2) is 4.79 Å². The van der Waals surface area contributed by atoms with Gasteiger partial charge in [-0.1, -0.05) is 0 Å². The molecule has 1 fully saturated rings. The maximum Gasteiger partial charge on any atom is 0.328 e. The highest BCUT2D eigenvalue weighted by molar-refractivity contribution is 6.05. The van der Waals surface area contributed by atoms with E-state index in [2.05, 4.69) is 10.6 Å². The lowest BCUT2D eigenvalue weighted by atomic mass is 10.1. The van der Waals surface area contributed by atoms with Gasteiger partial charge in [0.15, 0.2) is 0 Å². The minimum Gasteiger partial charge on any atom is -0.481 e. The number of hydrogen-bond acceptors (Lipinski definition) is 4. The van der Waals surface area contributed by atoms with Crippen molar-refractivity contribution in [3.05, 3.63) is 29.8 Å². The molecule has 0 atom stereocenters. The maximum atomic E-state index is 11.8. The zero-order chi connectivity index (χ0) is 16.1. The molecule has 0 unspecified atom stereocenters. The van der Waals surface area contributed by atoms with Crippen LogP contribution >= 0.6 is 0 Å². The molecule has 116 valence electrons. The van der Waals surface area contributed by atoms with Crippen LogP contribution in [0.2, 0.25) is 0 Å². The van der Waals surface area contributed by atoms with Crippen LogP contribution in [-0.2, 0) is 9.59 Å². The van der Waals surface area contributed by atoms with Gasteiger partial charge >= 0.3 is 12.0 Å². The summed E-state index contributed by atoms with van der Waals surface area (Å²) in [6.07, 6.45) is 0.0783. The van der Waals surface area contributed by atoms with E-state index in [9.17, 15) is 19.2 Å². The number of aliphatic carboxylic acids is 1. The minimum absolute atomic E-state index is 0.0482. The highest BCUT2D eigenvalue weighted by Gasteiger charge is 2.24. The molecule has 0 bridgehead atoms. The fraction of sp³-hybridized carbons (Fsp3) is 0.286. The zero-order valence-electron chi connectivity index (χ0n) is 11.7. The summed E-state index contributed by atoms with van der Waals surface area (Å²) in [4.78, 5) is 46.3. The van der Waals surface area contributed by atoms with Crippen molar-refractivity contribution < 1.29 is 24.3 Å². The summed E-state index contributed by atoms with van der Waals surface area (Å²) < 4.78 is 0. The molecule has 8 heteroatoms. The average Bonchev–Trinajstić information content (AvgIpc) is 2.47. The van der Waals surface area contributed by atoms with E-state index < -0.39 is 12.0 Å². The first-order valence-corrected chi connectivity index (χ1v) is 6.69. The Morgan fingerprint density at radius 2 is 1.91 bits per heavy atom. The minimum atomic E-state index is -0.985. The van der Waals surface area contributed by atoms with E-state index in [0.717, 1.165) is 0 Å². The first-order valence-electron chi connectivity index (χ1n) is 6.69. The summed E-state index contributed by atoms with van der Waals surface area (Å²) in [5.74, 6) is -1.68. The predicted octanol–water partition coefficient (Wildman–Crippen LogP) is 0.337. The van der Waals surface area contributed by atoms with Gasteiger partial charge in [-0.3, -0.25) is 24.6 Å². The molecule has 2 rings (SSSR count). The molecule has 0 aliphatic carbocycles. The van der Waals surface area contributed by atoms with Gasteiger partial charge in [0.05, 0.1) is 6.42 Å². The number of rotatable bonds is 5. The van der Waals surface area contributed by atoms with Crippen molar-refractivity contribution >= 4 is 29.5 Å². The van der Waals surface area contributed by atoms with Gasteiger partial charge in [0.1, 0.15) is 0 Å². The second kappa shape index (κ2) is 6.70. The number of anilines is 1. The van der Waals surface area contributed by atoms with Crippen molar-refractivity contribution in [1.29, 1.82) is 0 Å². The molecule has 22 heavy (non-hydrogen) atoms. The van der Waals surface area contributed by atoms with Crippen LogP contribution < -0.4 is 15.5 Å². The van der Waals surface area contributed by atoms with E-state index in [1.54, 1.807) is 12.1 Å². The van der Waals surface area contributed by atoms with E-state index in [1.807, 2.05) is 0 Å². The van der Waals surface area contributed by atoms with Crippen molar-refractivity contribution in [2.75, 3.05) is 18.0 Å². The SMILES string of the molecule is O=C(O)CCNC(=O)c1ccc(N2CCC(=O)NC2=O)cc1. The predicted molar refractivity (Wildman–Crippen MR) is 76.5 cm³/mol. The number of carbonyl (C=O) groups is 4. The molecule has 1 heterocycles. The molecular formula is C14H15N3O5. The smallest absolute Gasteiger partial charge is 0.328 e. The number of carboxylic acid groups (broad SMARTS) is 1. The largest absolute Gasteiger partial charge is 0.481 e. The molecule has 1 aromatic rings. The van der Waals surface area contributed by atoms with Gasteiger partial charge in [-0.05, 0) is 24.3 Å². The molecule has 1 aliphatic rings. The number of hydrogen-bond donors (Lipinski definition) is 3. The van der Waals surface area contributed by atoms with E-state index >= 15 is 0 Å². The number of imide groups is 1. The Morgan fingerprint density at radius 1 is 1.23 bits per heavy atom. The first-order chi connectivity index (χ1) is 10.5. The quantitative estimate of drug-likeness (QED) is 0.725. The molecule has 4 amide bonds. The van der Waals surface area contributed by atoms with Gasteiger partial charge in [-0.2, -0.15) is 0 Å². The summed E-state index contributed by atoms with van der Waals surface area (Å²) in [6, 6.07) is 5.78. The highest BCUT2D eigenvalue weighted by atomic mass is 16.4. The molecule has 0 saturated carbocycles. The number of nitrogens with zero attached hydrogens (tertiary/aromatic N) is 1. The Labute approximate surface area is 126 Å². The van der Waals surface area contributed by atoms with Crippen LogP contribution in [0, 0.1) is 0 Å². The Morgan fingerprint density at radius 3 is 2.50 bits per heavy atom. The highest BCUT2D eigenvalue weighted by Crippen LogP contribution is 2.17. The molecule has 3 N–H and O–H groups in total. The third kappa shape index (κ3) is 3.81. The Kier molecular flexibility index (Phi) is 4.72. The van der Waals surface area contributed by atoms with Crippen LogP contribution in [0.1, 0.15) is 23.2 Å². The molecular weight excluding hydrogens is 290 g/mol. The monoisotopic (exact) mass is 305 g/mol. The van der Waals surface area contributed by atoms with E-state index in [0.29, 0.717) is 11.3 Å². The third-order valence-electron chi connectivity index (χ3n) is 3.12. The van der Waals surface area contributed by atoms with Crippen molar-refractivity contribution in [1.82, 2.24) is 10.6 Å². The topological polar surface area (TPSA) is 116 Å². The first kappa shape index (κ1) is 15.5. The number of nitrogens with one attached hydrogen (secondary N) is 2. The lowest BCUT2D eigenvalue weighted by Gasteiger charge is -2.26. The Bertz CT molecular complexity index is 611. The normalized spacial score (nSPS) is 14.5. The lowest BCUT2D eigenvalue weighted by molar-refractivity contribution is -0.136. The molecule has 1 aliphatic heterocycles. The van der Waals surface area contributed by atoms with Crippen LogP contribution in [0.5, 0.6) is 0 Å². The lowest BCUT2D eigenvalue weighted by Crippen LogP contribution is -2.49. The van der Waals surface area contributed by atoms with Crippen molar-refractivity contribution in [3.63, 3.8) is 0 Å². The van der Waals surface area contributed by atoms with E-state index in [1.165, 1.54) is 17.0 Å². The Hall–Kier alpha value is -2.90. The second-order valence-corrected chi connectivity index (χ2v) is 4.70. The van der Waals surface area contributed by atoms with Crippen molar-refractivity contribution in [2.45, 2.75) is 12.8 Å². The van der Waals surface area contributed by atoms with Gasteiger partial charge in [-0.15, -0.1) is 0 Å². The number of carboxylic acids is 1. The van der Waals surface area contributed by atoms with Crippen LogP contribution in [0.4, 0.5) is 10.5 Å². The third-order valence-corrected chi connectivity index (χ3v) is 3.12. The number of urea groups is 1. The maximum absolute atomic E-state index is 11.8. The number of benzene rings is 1. The fourth-order valence-electron chi connectivity index (χ4n) is 1.99. The molecule has 1 saturated heterocycles. The average molecular weight is 305 g/mol. The summed E-state index contributed by atoms with van der Waals surface area (Å²) in [5, 5.41) is 13.2.